The molecule has 0 unspecified atom stereocenters. The van der Waals surface area contributed by atoms with Crippen molar-refractivity contribution in [2.24, 2.45) is 0 Å². The normalized spacial score (nSPS) is 14.8. The lowest BCUT2D eigenvalue weighted by Crippen LogP contribution is -2.51. The summed E-state index contributed by atoms with van der Waals surface area (Å²) in [6, 6.07) is 24.9. The van der Waals surface area contributed by atoms with E-state index in [4.69, 9.17) is 16.3 Å². The van der Waals surface area contributed by atoms with E-state index in [2.05, 4.69) is 58.2 Å². The Morgan fingerprint density at radius 3 is 2.00 bits per heavy atom. The number of nitrogens with zero attached hydrogens (tertiary/aromatic N) is 2. The molecule has 0 aliphatic carbocycles. The lowest BCUT2D eigenvalue weighted by atomic mass is 9.96. The number of sulfonamides is 1. The monoisotopic (exact) mass is 541 g/mol. The summed E-state index contributed by atoms with van der Waals surface area (Å²) in [5, 5.41) is 0.137. The van der Waals surface area contributed by atoms with E-state index < -0.39 is 10.0 Å². The molecule has 1 N–H and O–H groups in total. The van der Waals surface area contributed by atoms with Gasteiger partial charge in [-0.15, -0.1) is 0 Å². The van der Waals surface area contributed by atoms with Gasteiger partial charge < -0.3 is 9.64 Å². The quantitative estimate of drug-likeness (QED) is 0.436. The maximum atomic E-state index is 12.9. The molecule has 0 radical (unpaired) electrons. The highest BCUT2D eigenvalue weighted by Crippen LogP contribution is 2.30. The van der Waals surface area contributed by atoms with Gasteiger partial charge in [0.15, 0.2) is 6.61 Å². The van der Waals surface area contributed by atoms with Crippen molar-refractivity contribution in [1.29, 1.82) is 0 Å². The topological polar surface area (TPSA) is 78.9 Å². The molecule has 1 heterocycles. The molecule has 196 valence electrons. The van der Waals surface area contributed by atoms with Crippen LogP contribution in [-0.4, -0.2) is 63.0 Å². The van der Waals surface area contributed by atoms with Crippen LogP contribution in [-0.2, 0) is 14.8 Å². The van der Waals surface area contributed by atoms with Crippen LogP contribution in [0.2, 0.25) is 5.02 Å². The Kier molecular flexibility index (Phi) is 8.87. The molecule has 0 aromatic heterocycles. The second-order valence-corrected chi connectivity index (χ2v) is 11.4. The molecule has 0 bridgehead atoms. The number of nitrogens with one attached hydrogen (secondary N) is 1. The fraction of sp³-hybridized carbons (Fsp3) is 0.321. The second kappa shape index (κ2) is 12.1. The van der Waals surface area contributed by atoms with Gasteiger partial charge in [0.25, 0.3) is 5.91 Å². The van der Waals surface area contributed by atoms with Crippen molar-refractivity contribution in [3.63, 3.8) is 0 Å². The van der Waals surface area contributed by atoms with Gasteiger partial charge in [-0.2, -0.15) is 0 Å². The first-order valence-corrected chi connectivity index (χ1v) is 14.2. The molecule has 3 aromatic carbocycles. The van der Waals surface area contributed by atoms with Gasteiger partial charge in [0, 0.05) is 32.2 Å². The van der Waals surface area contributed by atoms with E-state index in [-0.39, 0.29) is 40.3 Å². The SMILES string of the molecule is CC(C)NS(=O)(=O)c1ccc(OCC(=O)N2CCN(C(c3ccccc3)c3ccccc3)CC2)c(Cl)c1. The van der Waals surface area contributed by atoms with Gasteiger partial charge in [0.2, 0.25) is 10.0 Å². The Labute approximate surface area is 224 Å². The summed E-state index contributed by atoms with van der Waals surface area (Å²) >= 11 is 6.26. The van der Waals surface area contributed by atoms with Crippen LogP contribution in [0.4, 0.5) is 0 Å². The summed E-state index contributed by atoms with van der Waals surface area (Å²) in [7, 11) is -3.67. The highest BCUT2D eigenvalue weighted by atomic mass is 35.5. The summed E-state index contributed by atoms with van der Waals surface area (Å²) < 4.78 is 32.9. The van der Waals surface area contributed by atoms with Gasteiger partial charge in [-0.3, -0.25) is 9.69 Å². The predicted octanol–water partition coefficient (Wildman–Crippen LogP) is 4.34. The summed E-state index contributed by atoms with van der Waals surface area (Å²) in [5.74, 6) is 0.134. The van der Waals surface area contributed by atoms with Crippen molar-refractivity contribution in [3.8, 4) is 5.75 Å². The Morgan fingerprint density at radius 1 is 0.919 bits per heavy atom. The number of carbonyl (C=O) groups excluding carboxylic acids is 1. The minimum atomic E-state index is -3.67. The minimum absolute atomic E-state index is 0.0485. The molecule has 0 spiro atoms. The first-order chi connectivity index (χ1) is 17.7. The molecule has 1 aliphatic heterocycles. The van der Waals surface area contributed by atoms with Crippen molar-refractivity contribution >= 4 is 27.5 Å². The molecule has 9 heteroatoms. The van der Waals surface area contributed by atoms with Gasteiger partial charge in [0.1, 0.15) is 5.75 Å². The smallest absolute Gasteiger partial charge is 0.260 e. The van der Waals surface area contributed by atoms with Crippen LogP contribution in [0.15, 0.2) is 83.8 Å². The number of benzene rings is 3. The highest BCUT2D eigenvalue weighted by Gasteiger charge is 2.28. The van der Waals surface area contributed by atoms with Crippen molar-refractivity contribution in [2.75, 3.05) is 32.8 Å². The standard InChI is InChI=1S/C28H32ClN3O4S/c1-21(2)30-37(34,35)24-13-14-26(25(29)19-24)36-20-27(33)31-15-17-32(18-16-31)28(22-9-5-3-6-10-22)23-11-7-4-8-12-23/h3-14,19,21,28,30H,15-18,20H2,1-2H3. The van der Waals surface area contributed by atoms with Gasteiger partial charge in [-0.05, 0) is 43.2 Å². The third kappa shape index (κ3) is 6.90. The van der Waals surface area contributed by atoms with E-state index in [1.807, 2.05) is 12.1 Å². The van der Waals surface area contributed by atoms with E-state index in [1.165, 1.54) is 29.3 Å². The largest absolute Gasteiger partial charge is 0.482 e. The van der Waals surface area contributed by atoms with Gasteiger partial charge in [-0.1, -0.05) is 72.3 Å². The number of piperazine rings is 1. The maximum absolute atomic E-state index is 12.9. The van der Waals surface area contributed by atoms with Crippen LogP contribution in [0.5, 0.6) is 5.75 Å². The Hall–Kier alpha value is -2.91. The van der Waals surface area contributed by atoms with Crippen LogP contribution in [0.1, 0.15) is 31.0 Å². The zero-order chi connectivity index (χ0) is 26.4. The van der Waals surface area contributed by atoms with Crippen molar-refractivity contribution in [3.05, 3.63) is 95.0 Å². The molecular weight excluding hydrogens is 510 g/mol. The van der Waals surface area contributed by atoms with E-state index >= 15 is 0 Å². The van der Waals surface area contributed by atoms with E-state index in [0.717, 1.165) is 13.1 Å². The van der Waals surface area contributed by atoms with Crippen LogP contribution >= 0.6 is 11.6 Å². The number of ether oxygens (including phenoxy) is 1. The van der Waals surface area contributed by atoms with Gasteiger partial charge in [0.05, 0.1) is 16.0 Å². The number of amides is 1. The molecule has 1 aliphatic rings. The Bertz CT molecular complexity index is 1260. The van der Waals surface area contributed by atoms with Crippen LogP contribution in [0.3, 0.4) is 0 Å². The first kappa shape index (κ1) is 27.1. The fourth-order valence-electron chi connectivity index (χ4n) is 4.49. The molecule has 1 saturated heterocycles. The molecule has 1 amide bonds. The highest BCUT2D eigenvalue weighted by molar-refractivity contribution is 7.89. The summed E-state index contributed by atoms with van der Waals surface area (Å²) in [5.41, 5.74) is 2.45. The summed E-state index contributed by atoms with van der Waals surface area (Å²) in [4.78, 5) is 17.1. The Balaban J connectivity index is 1.36. The van der Waals surface area contributed by atoms with Crippen LogP contribution in [0, 0.1) is 0 Å². The van der Waals surface area contributed by atoms with E-state index in [9.17, 15) is 13.2 Å². The van der Waals surface area contributed by atoms with Crippen molar-refractivity contribution in [2.45, 2.75) is 30.8 Å². The number of hydrogen-bond acceptors (Lipinski definition) is 5. The molecule has 4 rings (SSSR count). The zero-order valence-corrected chi connectivity index (χ0v) is 22.6. The number of hydrogen-bond donors (Lipinski definition) is 1. The van der Waals surface area contributed by atoms with Crippen LogP contribution < -0.4 is 9.46 Å². The number of carbonyl (C=O) groups is 1. The molecule has 0 atom stereocenters. The van der Waals surface area contributed by atoms with E-state index in [1.54, 1.807) is 18.7 Å². The van der Waals surface area contributed by atoms with Gasteiger partial charge >= 0.3 is 0 Å². The minimum Gasteiger partial charge on any atom is -0.482 e. The van der Waals surface area contributed by atoms with Crippen molar-refractivity contribution < 1.29 is 17.9 Å². The first-order valence-electron chi connectivity index (χ1n) is 12.3. The summed E-state index contributed by atoms with van der Waals surface area (Å²) in [6.45, 7) is 5.95. The van der Waals surface area contributed by atoms with Crippen molar-refractivity contribution in [1.82, 2.24) is 14.5 Å². The molecular formula is C28H32ClN3O4S. The summed E-state index contributed by atoms with van der Waals surface area (Å²) in [6.07, 6.45) is 0. The van der Waals surface area contributed by atoms with Gasteiger partial charge in [-0.25, -0.2) is 13.1 Å². The molecule has 3 aromatic rings. The molecule has 1 fully saturated rings. The Morgan fingerprint density at radius 2 is 1.49 bits per heavy atom. The average molecular weight is 542 g/mol. The number of halogens is 1. The lowest BCUT2D eigenvalue weighted by molar-refractivity contribution is -0.135. The zero-order valence-electron chi connectivity index (χ0n) is 21.0. The molecule has 7 nitrogen and oxygen atoms in total. The molecule has 0 saturated carbocycles. The third-order valence-electron chi connectivity index (χ3n) is 6.22. The lowest BCUT2D eigenvalue weighted by Gasteiger charge is -2.39. The third-order valence-corrected chi connectivity index (χ3v) is 8.17. The predicted molar refractivity (Wildman–Crippen MR) is 145 cm³/mol. The molecule has 37 heavy (non-hydrogen) atoms. The second-order valence-electron chi connectivity index (χ2n) is 9.30. The number of rotatable bonds is 9. The average Bonchev–Trinajstić information content (AvgIpc) is 2.89. The fourth-order valence-corrected chi connectivity index (χ4v) is 6.07. The van der Waals surface area contributed by atoms with Crippen LogP contribution in [0.25, 0.3) is 0 Å². The maximum Gasteiger partial charge on any atom is 0.260 e. The van der Waals surface area contributed by atoms with E-state index in [0.29, 0.717) is 13.1 Å².